The Balaban J connectivity index is 1.91. The maximum atomic E-state index is 16.3. The molecule has 1 aromatic carbocycles. The number of ether oxygens (including phenoxy) is 3. The van der Waals surface area contributed by atoms with Gasteiger partial charge in [-0.1, -0.05) is 73.6 Å². The van der Waals surface area contributed by atoms with Gasteiger partial charge in [-0.05, 0) is 73.4 Å². The summed E-state index contributed by atoms with van der Waals surface area (Å²) in [5, 5.41) is 25.5. The van der Waals surface area contributed by atoms with Crippen molar-refractivity contribution >= 4 is 34.4 Å². The minimum Gasteiger partial charge on any atom is -0.455 e. The monoisotopic (exact) mass is 772 g/mol. The van der Waals surface area contributed by atoms with Crippen LogP contribution in [0.15, 0.2) is 41.5 Å². The highest BCUT2D eigenvalue weighted by atomic mass is 28.4. The lowest BCUT2D eigenvalue weighted by Gasteiger charge is -2.68. The Hall–Kier alpha value is -2.20. The van der Waals surface area contributed by atoms with Gasteiger partial charge in [-0.15, -0.1) is 0 Å². The lowest BCUT2D eigenvalue weighted by Crippen LogP contribution is -2.82. The van der Waals surface area contributed by atoms with Gasteiger partial charge >= 0.3 is 11.9 Å². The molecule has 2 N–H and O–H groups in total. The molecule has 296 valence electrons. The number of benzene rings is 1. The molecule has 1 saturated heterocycles. The number of rotatable bonds is 13. The van der Waals surface area contributed by atoms with Crippen molar-refractivity contribution in [3.63, 3.8) is 0 Å². The quantitative estimate of drug-likeness (QED) is 0.121. The Labute approximate surface area is 318 Å². The minimum absolute atomic E-state index is 0.0569. The number of esters is 2. The molecule has 3 aliphatic carbocycles. The summed E-state index contributed by atoms with van der Waals surface area (Å²) in [5.41, 5.74) is -4.81. The van der Waals surface area contributed by atoms with E-state index in [4.69, 9.17) is 23.1 Å². The van der Waals surface area contributed by atoms with Crippen molar-refractivity contribution in [2.45, 2.75) is 167 Å². The molecule has 2 bridgehead atoms. The fourth-order valence-electron chi connectivity index (χ4n) is 10.4. The van der Waals surface area contributed by atoms with E-state index in [1.807, 2.05) is 27.7 Å². The first kappa shape index (κ1) is 42.0. The van der Waals surface area contributed by atoms with E-state index >= 15 is 4.79 Å². The summed E-state index contributed by atoms with van der Waals surface area (Å²) in [6, 6.07) is 13.3. The second-order valence-corrected chi connectivity index (χ2v) is 26.3. The molecule has 0 amide bonds. The zero-order chi connectivity index (χ0) is 39.4. The normalized spacial score (nSPS) is 35.3. The van der Waals surface area contributed by atoms with Gasteiger partial charge in [0.25, 0.3) is 0 Å². The molecule has 1 heterocycles. The summed E-state index contributed by atoms with van der Waals surface area (Å²) in [6.45, 7) is 21.4. The van der Waals surface area contributed by atoms with E-state index in [9.17, 15) is 19.8 Å². The van der Waals surface area contributed by atoms with Crippen LogP contribution in [0.4, 0.5) is 0 Å². The van der Waals surface area contributed by atoms with Crippen LogP contribution in [-0.4, -0.2) is 92.9 Å². The predicted octanol–water partition coefficient (Wildman–Crippen LogP) is 7.14. The SMILES string of the molecule is CC[Si](CC)(CC)O[C@H]1C(=O)[C@]2(C)[C@@H](O[Si](CC)(CC)CC)C[C@H]3OC[C@@]3(OC(C)=O)[C@H]2[C@H](OC(=O)c2ccccc2)[C@]2(O)C[C@H](O)C(C)=C1C2(C)C. The Morgan fingerprint density at radius 1 is 0.906 bits per heavy atom. The van der Waals surface area contributed by atoms with Gasteiger partial charge in [0.15, 0.2) is 28.0 Å². The number of fused-ring (bicyclic) bond motifs is 5. The number of hydrogen-bond donors (Lipinski definition) is 2. The van der Waals surface area contributed by atoms with Crippen molar-refractivity contribution in [3.05, 3.63) is 47.0 Å². The molecule has 12 heteroatoms. The molecular formula is C41H64O10Si2. The van der Waals surface area contributed by atoms with Crippen LogP contribution in [0.5, 0.6) is 0 Å². The highest BCUT2D eigenvalue weighted by Crippen LogP contribution is 2.65. The average molecular weight is 773 g/mol. The summed E-state index contributed by atoms with van der Waals surface area (Å²) in [6.07, 6.45) is -5.08. The molecule has 0 unspecified atom stereocenters. The Morgan fingerprint density at radius 2 is 1.45 bits per heavy atom. The van der Waals surface area contributed by atoms with Gasteiger partial charge in [-0.25, -0.2) is 4.79 Å². The zero-order valence-corrected chi connectivity index (χ0v) is 35.9. The molecule has 9 atom stereocenters. The highest BCUT2D eigenvalue weighted by Gasteiger charge is 2.78. The van der Waals surface area contributed by atoms with E-state index in [1.54, 1.807) is 30.3 Å². The number of carbonyl (C=O) groups excluding carboxylic acids is 3. The van der Waals surface area contributed by atoms with Crippen molar-refractivity contribution in [2.24, 2.45) is 16.7 Å². The topological polar surface area (TPSA) is 138 Å². The third-order valence-electron chi connectivity index (χ3n) is 14.5. The van der Waals surface area contributed by atoms with E-state index in [1.165, 1.54) is 6.92 Å². The van der Waals surface area contributed by atoms with E-state index in [2.05, 4.69) is 41.5 Å². The average Bonchev–Trinajstić information content (AvgIpc) is 3.13. The number of hydrogen-bond acceptors (Lipinski definition) is 10. The molecule has 0 radical (unpaired) electrons. The second kappa shape index (κ2) is 15.0. The third-order valence-corrected chi connectivity index (χ3v) is 23.8. The van der Waals surface area contributed by atoms with E-state index in [0.717, 1.165) is 36.3 Å². The molecule has 1 aliphatic heterocycles. The van der Waals surface area contributed by atoms with Gasteiger partial charge in [-0.2, -0.15) is 0 Å². The van der Waals surface area contributed by atoms with E-state index < -0.39 is 87.0 Å². The van der Waals surface area contributed by atoms with Gasteiger partial charge in [0.05, 0.1) is 35.7 Å². The molecule has 0 aromatic heterocycles. The van der Waals surface area contributed by atoms with Crippen molar-refractivity contribution in [3.8, 4) is 0 Å². The van der Waals surface area contributed by atoms with Crippen LogP contribution in [0.25, 0.3) is 0 Å². The zero-order valence-electron chi connectivity index (χ0n) is 33.9. The molecule has 2 saturated carbocycles. The van der Waals surface area contributed by atoms with Crippen molar-refractivity contribution < 1.29 is 47.7 Å². The molecule has 10 nitrogen and oxygen atoms in total. The largest absolute Gasteiger partial charge is 0.455 e. The Bertz CT molecular complexity index is 1550. The highest BCUT2D eigenvalue weighted by molar-refractivity contribution is 6.74. The first-order valence-corrected chi connectivity index (χ1v) is 25.0. The number of Topliss-reactive ketones (excluding diaryl/α,β-unsaturated/α-hetero) is 1. The fourth-order valence-corrected chi connectivity index (χ4v) is 16.1. The number of ketones is 1. The maximum absolute atomic E-state index is 16.3. The molecule has 0 spiro atoms. The molecule has 1 aromatic rings. The van der Waals surface area contributed by atoms with E-state index in [0.29, 0.717) is 11.1 Å². The lowest BCUT2D eigenvalue weighted by atomic mass is 9.44. The molecule has 4 aliphatic rings. The maximum Gasteiger partial charge on any atom is 0.338 e. The van der Waals surface area contributed by atoms with Crippen LogP contribution >= 0.6 is 0 Å². The van der Waals surface area contributed by atoms with Gasteiger partial charge in [-0.3, -0.25) is 9.59 Å². The summed E-state index contributed by atoms with van der Waals surface area (Å²) in [7, 11) is -4.99. The number of aliphatic hydroxyl groups is 2. The molecular weight excluding hydrogens is 709 g/mol. The second-order valence-electron chi connectivity index (χ2n) is 16.9. The van der Waals surface area contributed by atoms with Crippen LogP contribution in [0.3, 0.4) is 0 Å². The summed E-state index contributed by atoms with van der Waals surface area (Å²) < 4.78 is 33.9. The van der Waals surface area contributed by atoms with Crippen LogP contribution in [-0.2, 0) is 32.7 Å². The van der Waals surface area contributed by atoms with Crippen LogP contribution < -0.4 is 0 Å². The van der Waals surface area contributed by atoms with Crippen LogP contribution in [0.1, 0.15) is 99.4 Å². The Kier molecular flexibility index (Phi) is 11.9. The lowest BCUT2D eigenvalue weighted by molar-refractivity contribution is -0.344. The third kappa shape index (κ3) is 6.45. The number of aliphatic hydroxyl groups excluding tert-OH is 1. The fraction of sp³-hybridized carbons (Fsp3) is 0.732. The minimum atomic E-state index is -2.55. The summed E-state index contributed by atoms with van der Waals surface area (Å²) >= 11 is 0. The molecule has 5 rings (SSSR count). The van der Waals surface area contributed by atoms with Crippen molar-refractivity contribution in [1.29, 1.82) is 0 Å². The van der Waals surface area contributed by atoms with Gasteiger partial charge in [0.1, 0.15) is 23.9 Å². The first-order valence-electron chi connectivity index (χ1n) is 19.9. The van der Waals surface area contributed by atoms with Crippen molar-refractivity contribution in [1.82, 2.24) is 0 Å². The summed E-state index contributed by atoms with van der Waals surface area (Å²) in [4.78, 5) is 43.8. The molecule has 53 heavy (non-hydrogen) atoms. The van der Waals surface area contributed by atoms with Gasteiger partial charge in [0.2, 0.25) is 0 Å². The van der Waals surface area contributed by atoms with Gasteiger partial charge in [0, 0.05) is 25.2 Å². The van der Waals surface area contributed by atoms with E-state index in [-0.39, 0.29) is 30.8 Å². The first-order chi connectivity index (χ1) is 24.9. The van der Waals surface area contributed by atoms with Crippen LogP contribution in [0, 0.1) is 16.7 Å². The smallest absolute Gasteiger partial charge is 0.338 e. The van der Waals surface area contributed by atoms with Gasteiger partial charge < -0.3 is 33.3 Å². The summed E-state index contributed by atoms with van der Waals surface area (Å²) in [5.74, 6) is -2.66. The predicted molar refractivity (Wildman–Crippen MR) is 207 cm³/mol. The van der Waals surface area contributed by atoms with Crippen LogP contribution in [0.2, 0.25) is 36.3 Å². The standard InChI is InChI=1S/C41H64O10Si2/c1-12-52(13-2,14-3)50-30-23-31-40(25-47-31,49-27(8)42)34-36(48-37(45)28-21-19-18-20-22-28)41(46)24-29(43)26(7)32(38(41,9)10)33(35(44)39(30,34)11)51-53(15-4,16-5)17-6/h18-22,29-31,33-34,36,43,46H,12-17,23-25H2,1-11H3/t29-,30-,31+,33+,34-,36-,39+,40-,41+/m0/s1. The molecule has 3 fully saturated rings. The van der Waals surface area contributed by atoms with Crippen molar-refractivity contribution in [2.75, 3.05) is 6.61 Å². The number of carbonyl (C=O) groups is 3. The Morgan fingerprint density at radius 3 is 1.94 bits per heavy atom.